The first-order chi connectivity index (χ1) is 20.6. The molecule has 0 saturated carbocycles. The third-order valence-corrected chi connectivity index (χ3v) is 11.1. The van der Waals surface area contributed by atoms with E-state index in [4.69, 9.17) is 0 Å². The molecule has 43 heavy (non-hydrogen) atoms. The minimum atomic E-state index is -0.803. The predicted molar refractivity (Wildman–Crippen MR) is 160 cm³/mol. The molecule has 8 atom stereocenters. The number of anilines is 2. The van der Waals surface area contributed by atoms with Crippen LogP contribution in [-0.4, -0.2) is 69.9 Å². The SMILES string of the molecule is CC(C)C[C@H]1NC(=O)[C@H]2C[C@@]3([C@@]45C[C@@H]6C(=O)N[C@H](C(C)C)C(=O)N6[C@@H]4Nc4ccccc45)c4ccccc4N[C@H]3N2C1=O. The largest absolute Gasteiger partial charge is 0.364 e. The van der Waals surface area contributed by atoms with E-state index in [0.29, 0.717) is 19.3 Å². The number of amides is 4. The fraction of sp³-hybridized carbons (Fsp3) is 0.515. The summed E-state index contributed by atoms with van der Waals surface area (Å²) in [7, 11) is 0. The molecule has 6 heterocycles. The first-order valence-corrected chi connectivity index (χ1v) is 15.6. The summed E-state index contributed by atoms with van der Waals surface area (Å²) in [4.78, 5) is 59.7. The fourth-order valence-electron chi connectivity index (χ4n) is 9.45. The molecule has 2 aromatic rings. The van der Waals surface area contributed by atoms with Crippen LogP contribution >= 0.6 is 0 Å². The van der Waals surface area contributed by atoms with E-state index >= 15 is 0 Å². The molecule has 0 unspecified atom stereocenters. The van der Waals surface area contributed by atoms with Gasteiger partial charge in [-0.15, -0.1) is 0 Å². The number of carbonyl (C=O) groups is 4. The molecule has 0 spiro atoms. The van der Waals surface area contributed by atoms with Crippen molar-refractivity contribution in [2.45, 2.75) is 94.3 Å². The maximum atomic E-state index is 14.3. The molecule has 4 fully saturated rings. The standard InChI is InChI=1S/C33H38N6O4/c1-16(2)13-22-28(42)38-23(26(40)34-22)14-32(18-9-5-7-11-20(18)35-30(32)38)33-15-24-27(41)37-25(17(3)4)29(43)39(24)31(33)36-21-12-8-6-10-19(21)33/h5-12,16-17,22-25,30-31,35-36H,13-15H2,1-4H3,(H,34,40)(H,37,41)/t22-,23-,24-,25-,30+,31+,32-,33-/m1/s1. The van der Waals surface area contributed by atoms with Gasteiger partial charge < -0.3 is 31.1 Å². The smallest absolute Gasteiger partial charge is 0.247 e. The Morgan fingerprint density at radius 2 is 1.19 bits per heavy atom. The van der Waals surface area contributed by atoms with Crippen molar-refractivity contribution in [1.29, 1.82) is 0 Å². The minimum absolute atomic E-state index is 0.0735. The van der Waals surface area contributed by atoms with Crippen LogP contribution in [0.3, 0.4) is 0 Å². The van der Waals surface area contributed by atoms with Crippen molar-refractivity contribution in [2.24, 2.45) is 11.8 Å². The van der Waals surface area contributed by atoms with Crippen LogP contribution in [0.5, 0.6) is 0 Å². The molecule has 10 nitrogen and oxygen atoms in total. The molecule has 0 aromatic heterocycles. The highest BCUT2D eigenvalue weighted by molar-refractivity contribution is 6.01. The second kappa shape index (κ2) is 8.74. The first-order valence-electron chi connectivity index (χ1n) is 15.6. The van der Waals surface area contributed by atoms with Crippen LogP contribution in [0.15, 0.2) is 48.5 Å². The minimum Gasteiger partial charge on any atom is -0.364 e. The molecular formula is C33H38N6O4. The van der Waals surface area contributed by atoms with Crippen LogP contribution in [0, 0.1) is 11.8 Å². The molecule has 10 heteroatoms. The van der Waals surface area contributed by atoms with E-state index in [0.717, 1.165) is 22.5 Å². The third kappa shape index (κ3) is 3.14. The van der Waals surface area contributed by atoms with Crippen LogP contribution in [-0.2, 0) is 30.0 Å². The van der Waals surface area contributed by atoms with Crippen molar-refractivity contribution in [3.8, 4) is 0 Å². The molecule has 8 rings (SSSR count). The van der Waals surface area contributed by atoms with Gasteiger partial charge in [0.2, 0.25) is 23.6 Å². The van der Waals surface area contributed by atoms with Crippen molar-refractivity contribution < 1.29 is 19.2 Å². The van der Waals surface area contributed by atoms with E-state index in [2.05, 4.69) is 47.2 Å². The fourth-order valence-corrected chi connectivity index (χ4v) is 9.45. The van der Waals surface area contributed by atoms with Gasteiger partial charge in [-0.25, -0.2) is 0 Å². The quantitative estimate of drug-likeness (QED) is 0.439. The molecule has 4 saturated heterocycles. The summed E-state index contributed by atoms with van der Waals surface area (Å²) < 4.78 is 0. The molecule has 0 radical (unpaired) electrons. The predicted octanol–water partition coefficient (Wildman–Crippen LogP) is 2.27. The van der Waals surface area contributed by atoms with Crippen molar-refractivity contribution in [3.63, 3.8) is 0 Å². The molecule has 0 aliphatic carbocycles. The number of fused-ring (bicyclic) bond motifs is 11. The maximum absolute atomic E-state index is 14.3. The molecule has 6 aliphatic heterocycles. The molecule has 4 N–H and O–H groups in total. The second-order valence-electron chi connectivity index (χ2n) is 14.0. The van der Waals surface area contributed by atoms with Gasteiger partial charge in [-0.05, 0) is 54.4 Å². The molecule has 224 valence electrons. The van der Waals surface area contributed by atoms with E-state index in [-0.39, 0.29) is 35.5 Å². The number of benzene rings is 2. The van der Waals surface area contributed by atoms with Crippen LogP contribution in [0.2, 0.25) is 0 Å². The number of nitrogens with zero attached hydrogens (tertiary/aromatic N) is 2. The lowest BCUT2D eigenvalue weighted by atomic mass is 9.54. The van der Waals surface area contributed by atoms with Gasteiger partial charge in [0.15, 0.2) is 0 Å². The number of para-hydroxylation sites is 2. The maximum Gasteiger partial charge on any atom is 0.247 e. The van der Waals surface area contributed by atoms with Crippen molar-refractivity contribution in [3.05, 3.63) is 59.7 Å². The lowest BCUT2D eigenvalue weighted by molar-refractivity contribution is -0.150. The van der Waals surface area contributed by atoms with Gasteiger partial charge in [-0.1, -0.05) is 64.1 Å². The zero-order valence-corrected chi connectivity index (χ0v) is 24.9. The summed E-state index contributed by atoms with van der Waals surface area (Å²) in [6.45, 7) is 7.99. The third-order valence-electron chi connectivity index (χ3n) is 11.1. The number of hydrogen-bond acceptors (Lipinski definition) is 6. The van der Waals surface area contributed by atoms with E-state index in [1.165, 1.54) is 0 Å². The molecule has 0 bridgehead atoms. The van der Waals surface area contributed by atoms with Crippen LogP contribution in [0.4, 0.5) is 11.4 Å². The van der Waals surface area contributed by atoms with Crippen molar-refractivity contribution in [1.82, 2.24) is 20.4 Å². The van der Waals surface area contributed by atoms with Crippen LogP contribution < -0.4 is 21.3 Å². The van der Waals surface area contributed by atoms with Gasteiger partial charge >= 0.3 is 0 Å². The average Bonchev–Trinajstić information content (AvgIpc) is 3.67. The van der Waals surface area contributed by atoms with Gasteiger partial charge in [-0.3, -0.25) is 19.2 Å². The Morgan fingerprint density at radius 1 is 0.698 bits per heavy atom. The highest BCUT2D eigenvalue weighted by Gasteiger charge is 2.78. The Balaban J connectivity index is 1.37. The lowest BCUT2D eigenvalue weighted by Gasteiger charge is -2.48. The summed E-state index contributed by atoms with van der Waals surface area (Å²) >= 11 is 0. The Bertz CT molecular complexity index is 1590. The molecule has 2 aromatic carbocycles. The van der Waals surface area contributed by atoms with Crippen molar-refractivity contribution in [2.75, 3.05) is 10.6 Å². The zero-order chi connectivity index (χ0) is 30.0. The van der Waals surface area contributed by atoms with Gasteiger partial charge in [0, 0.05) is 11.4 Å². The van der Waals surface area contributed by atoms with Crippen LogP contribution in [0.1, 0.15) is 58.1 Å². The number of carbonyl (C=O) groups excluding carboxylic acids is 4. The zero-order valence-electron chi connectivity index (χ0n) is 24.9. The van der Waals surface area contributed by atoms with Crippen molar-refractivity contribution >= 4 is 35.0 Å². The highest BCUT2D eigenvalue weighted by Crippen LogP contribution is 2.68. The molecular weight excluding hydrogens is 544 g/mol. The second-order valence-corrected chi connectivity index (χ2v) is 14.0. The van der Waals surface area contributed by atoms with E-state index in [9.17, 15) is 19.2 Å². The van der Waals surface area contributed by atoms with E-state index in [1.807, 2.05) is 50.2 Å². The molecule has 4 amide bonds. The Hall–Kier alpha value is -4.08. The summed E-state index contributed by atoms with van der Waals surface area (Å²) in [5, 5.41) is 13.5. The molecule has 6 aliphatic rings. The summed E-state index contributed by atoms with van der Waals surface area (Å²) in [5.74, 6) is -0.321. The van der Waals surface area contributed by atoms with Gasteiger partial charge in [0.05, 0.1) is 10.8 Å². The normalized spacial score (nSPS) is 36.8. The number of nitrogens with one attached hydrogen (secondary N) is 4. The lowest BCUT2D eigenvalue weighted by Crippen LogP contribution is -2.67. The average molecular weight is 583 g/mol. The number of piperazine rings is 2. The summed E-state index contributed by atoms with van der Waals surface area (Å²) in [6.07, 6.45) is 0.252. The topological polar surface area (TPSA) is 123 Å². The Kier molecular flexibility index (Phi) is 5.39. The Morgan fingerprint density at radius 3 is 1.70 bits per heavy atom. The Labute approximate surface area is 250 Å². The number of rotatable bonds is 4. The first kappa shape index (κ1) is 26.5. The highest BCUT2D eigenvalue weighted by atomic mass is 16.2. The van der Waals surface area contributed by atoms with Gasteiger partial charge in [0.1, 0.15) is 36.5 Å². The summed E-state index contributed by atoms with van der Waals surface area (Å²) in [6, 6.07) is 13.6. The monoisotopic (exact) mass is 582 g/mol. The number of hydrogen-bond donors (Lipinski definition) is 4. The van der Waals surface area contributed by atoms with E-state index < -0.39 is 47.3 Å². The summed E-state index contributed by atoms with van der Waals surface area (Å²) in [5.41, 5.74) is 2.27. The van der Waals surface area contributed by atoms with Crippen LogP contribution in [0.25, 0.3) is 0 Å². The van der Waals surface area contributed by atoms with E-state index in [1.54, 1.807) is 9.80 Å². The van der Waals surface area contributed by atoms with Gasteiger partial charge in [0.25, 0.3) is 0 Å². The van der Waals surface area contributed by atoms with Gasteiger partial charge in [-0.2, -0.15) is 0 Å².